The van der Waals surface area contributed by atoms with Crippen molar-refractivity contribution in [3.63, 3.8) is 0 Å². The molecule has 1 amide bonds. The molecule has 0 saturated heterocycles. The normalized spacial score (nSPS) is 11.9. The molecule has 0 saturated carbocycles. The number of likely N-dealkylation sites (N-methyl/N-ethyl adjacent to an activating group) is 1. The van der Waals surface area contributed by atoms with Crippen molar-refractivity contribution >= 4 is 17.7 Å². The Morgan fingerprint density at radius 2 is 1.68 bits per heavy atom. The van der Waals surface area contributed by atoms with Crippen LogP contribution >= 0.6 is 11.8 Å². The van der Waals surface area contributed by atoms with Gasteiger partial charge in [0.05, 0.1) is 6.42 Å². The molecule has 0 aliphatic carbocycles. The van der Waals surface area contributed by atoms with Crippen LogP contribution in [0.1, 0.15) is 22.3 Å². The van der Waals surface area contributed by atoms with Gasteiger partial charge < -0.3 is 9.32 Å². The Morgan fingerprint density at radius 3 is 2.32 bits per heavy atom. The summed E-state index contributed by atoms with van der Waals surface area (Å²) in [7, 11) is 3.49. The first-order valence-corrected chi connectivity index (χ1v) is 8.80. The number of nitrogens with zero attached hydrogens (tertiary/aromatic N) is 3. The Kier molecular flexibility index (Phi) is 5.50. The zero-order valence-electron chi connectivity index (χ0n) is 14.1. The summed E-state index contributed by atoms with van der Waals surface area (Å²) in [4.78, 5) is 14.1. The molecule has 6 heteroatoms. The Hall–Kier alpha value is -2.60. The highest BCUT2D eigenvalue weighted by Gasteiger charge is 2.26. The van der Waals surface area contributed by atoms with E-state index in [0.717, 1.165) is 11.1 Å². The Morgan fingerprint density at radius 1 is 1.04 bits per heavy atom. The van der Waals surface area contributed by atoms with Gasteiger partial charge in [-0.2, -0.15) is 0 Å². The lowest BCUT2D eigenvalue weighted by Crippen LogP contribution is -2.26. The monoisotopic (exact) mass is 353 g/mol. The molecule has 5 nitrogen and oxygen atoms in total. The van der Waals surface area contributed by atoms with Gasteiger partial charge in [0.2, 0.25) is 11.8 Å². The molecule has 1 atom stereocenters. The zero-order chi connectivity index (χ0) is 17.6. The average molecular weight is 353 g/mol. The molecule has 0 bridgehead atoms. The van der Waals surface area contributed by atoms with Crippen molar-refractivity contribution in [3.05, 3.63) is 77.7 Å². The number of hydrogen-bond donors (Lipinski definition) is 0. The fraction of sp³-hybridized carbons (Fsp3) is 0.211. The summed E-state index contributed by atoms with van der Waals surface area (Å²) >= 11 is 1.28. The molecular formula is C19H19N3O2S. The topological polar surface area (TPSA) is 59.2 Å². The van der Waals surface area contributed by atoms with Crippen molar-refractivity contribution in [2.75, 3.05) is 14.1 Å². The van der Waals surface area contributed by atoms with Gasteiger partial charge >= 0.3 is 0 Å². The van der Waals surface area contributed by atoms with Gasteiger partial charge in [-0.3, -0.25) is 4.79 Å². The minimum Gasteiger partial charge on any atom is -0.416 e. The maximum atomic E-state index is 12.6. The highest BCUT2D eigenvalue weighted by atomic mass is 32.2. The first kappa shape index (κ1) is 17.2. The standard InChI is InChI=1S/C19H19N3O2S/c1-22(2)18(23)17(15-11-7-4-8-12-15)25-19-21-20-16(24-19)13-14-9-5-3-6-10-14/h3-12,17H,13H2,1-2H3. The third kappa shape index (κ3) is 4.48. The second-order valence-corrected chi connectivity index (χ2v) is 6.82. The van der Waals surface area contributed by atoms with E-state index in [9.17, 15) is 4.79 Å². The smallest absolute Gasteiger partial charge is 0.277 e. The molecule has 0 radical (unpaired) electrons. The van der Waals surface area contributed by atoms with E-state index in [1.807, 2.05) is 60.7 Å². The molecule has 3 rings (SSSR count). The molecule has 1 unspecified atom stereocenters. The third-order valence-electron chi connectivity index (χ3n) is 3.63. The van der Waals surface area contributed by atoms with Crippen LogP contribution in [-0.4, -0.2) is 35.1 Å². The lowest BCUT2D eigenvalue weighted by molar-refractivity contribution is -0.128. The maximum absolute atomic E-state index is 12.6. The van der Waals surface area contributed by atoms with Crippen molar-refractivity contribution < 1.29 is 9.21 Å². The lowest BCUT2D eigenvalue weighted by Gasteiger charge is -2.18. The number of carbonyl (C=O) groups is 1. The van der Waals surface area contributed by atoms with Gasteiger partial charge in [-0.05, 0) is 22.9 Å². The minimum atomic E-state index is -0.416. The number of benzene rings is 2. The average Bonchev–Trinajstić information content (AvgIpc) is 3.07. The minimum absolute atomic E-state index is 0.0148. The van der Waals surface area contributed by atoms with Crippen molar-refractivity contribution in [2.24, 2.45) is 0 Å². The van der Waals surface area contributed by atoms with Crippen LogP contribution in [0, 0.1) is 0 Å². The van der Waals surface area contributed by atoms with Gasteiger partial charge in [-0.15, -0.1) is 10.2 Å². The molecular weight excluding hydrogens is 334 g/mol. The van der Waals surface area contributed by atoms with Crippen LogP contribution < -0.4 is 0 Å². The van der Waals surface area contributed by atoms with E-state index in [-0.39, 0.29) is 5.91 Å². The van der Waals surface area contributed by atoms with E-state index >= 15 is 0 Å². The largest absolute Gasteiger partial charge is 0.416 e. The van der Waals surface area contributed by atoms with Gasteiger partial charge in [0.25, 0.3) is 5.22 Å². The van der Waals surface area contributed by atoms with Crippen molar-refractivity contribution in [1.29, 1.82) is 0 Å². The molecule has 0 spiro atoms. The lowest BCUT2D eigenvalue weighted by atomic mass is 10.1. The van der Waals surface area contributed by atoms with Crippen LogP contribution in [0.5, 0.6) is 0 Å². The Balaban J connectivity index is 1.77. The number of rotatable bonds is 6. The van der Waals surface area contributed by atoms with E-state index in [1.165, 1.54) is 11.8 Å². The fourth-order valence-corrected chi connectivity index (χ4v) is 3.39. The Bertz CT molecular complexity index is 819. The van der Waals surface area contributed by atoms with E-state index in [2.05, 4.69) is 10.2 Å². The van der Waals surface area contributed by atoms with E-state index in [0.29, 0.717) is 17.5 Å². The highest BCUT2D eigenvalue weighted by Crippen LogP contribution is 2.35. The number of aromatic nitrogens is 2. The highest BCUT2D eigenvalue weighted by molar-refractivity contribution is 8.00. The van der Waals surface area contributed by atoms with Gasteiger partial charge in [-0.25, -0.2) is 0 Å². The van der Waals surface area contributed by atoms with Gasteiger partial charge in [0, 0.05) is 14.1 Å². The first-order chi connectivity index (χ1) is 12.1. The van der Waals surface area contributed by atoms with Crippen LogP contribution in [0.25, 0.3) is 0 Å². The summed E-state index contributed by atoms with van der Waals surface area (Å²) in [6.07, 6.45) is 0.575. The summed E-state index contributed by atoms with van der Waals surface area (Å²) in [5, 5.41) is 8.18. The van der Waals surface area contributed by atoms with Gasteiger partial charge in [-0.1, -0.05) is 60.7 Å². The molecule has 1 heterocycles. The third-order valence-corrected chi connectivity index (χ3v) is 4.71. The number of hydrogen-bond acceptors (Lipinski definition) is 5. The predicted octanol–water partition coefficient (Wildman–Crippen LogP) is 3.58. The summed E-state index contributed by atoms with van der Waals surface area (Å²) in [5.41, 5.74) is 2.01. The second kappa shape index (κ2) is 7.98. The van der Waals surface area contributed by atoms with E-state index in [1.54, 1.807) is 19.0 Å². The van der Waals surface area contributed by atoms with Crippen LogP contribution in [0.4, 0.5) is 0 Å². The van der Waals surface area contributed by atoms with E-state index < -0.39 is 5.25 Å². The zero-order valence-corrected chi connectivity index (χ0v) is 14.9. The first-order valence-electron chi connectivity index (χ1n) is 7.92. The molecule has 0 fully saturated rings. The van der Waals surface area contributed by atoms with Crippen molar-refractivity contribution in [3.8, 4) is 0 Å². The molecule has 0 aliphatic rings. The van der Waals surface area contributed by atoms with Gasteiger partial charge in [0.1, 0.15) is 5.25 Å². The van der Waals surface area contributed by atoms with Crippen LogP contribution in [0.3, 0.4) is 0 Å². The van der Waals surface area contributed by atoms with Crippen molar-refractivity contribution in [2.45, 2.75) is 16.9 Å². The van der Waals surface area contributed by atoms with Crippen LogP contribution in [-0.2, 0) is 11.2 Å². The van der Waals surface area contributed by atoms with Crippen LogP contribution in [0.15, 0.2) is 70.3 Å². The van der Waals surface area contributed by atoms with Gasteiger partial charge in [0.15, 0.2) is 0 Å². The molecule has 25 heavy (non-hydrogen) atoms. The Labute approximate surface area is 151 Å². The SMILES string of the molecule is CN(C)C(=O)C(Sc1nnc(Cc2ccccc2)o1)c1ccccc1. The summed E-state index contributed by atoms with van der Waals surface area (Å²) < 4.78 is 5.74. The van der Waals surface area contributed by atoms with Crippen molar-refractivity contribution in [1.82, 2.24) is 15.1 Å². The maximum Gasteiger partial charge on any atom is 0.277 e. The fourth-order valence-electron chi connectivity index (χ4n) is 2.35. The summed E-state index contributed by atoms with van der Waals surface area (Å²) in [6.45, 7) is 0. The number of thioether (sulfide) groups is 1. The molecule has 0 aliphatic heterocycles. The number of carbonyl (C=O) groups excluding carboxylic acids is 1. The molecule has 0 N–H and O–H groups in total. The molecule has 2 aromatic carbocycles. The quantitative estimate of drug-likeness (QED) is 0.634. The summed E-state index contributed by atoms with van der Waals surface area (Å²) in [5.74, 6) is 0.525. The summed E-state index contributed by atoms with van der Waals surface area (Å²) in [6, 6.07) is 19.6. The molecule has 3 aromatic rings. The van der Waals surface area contributed by atoms with E-state index in [4.69, 9.17) is 4.42 Å². The molecule has 128 valence electrons. The van der Waals surface area contributed by atoms with Crippen LogP contribution in [0.2, 0.25) is 0 Å². The number of amides is 1. The predicted molar refractivity (Wildman–Crippen MR) is 97.3 cm³/mol. The molecule has 1 aromatic heterocycles. The second-order valence-electron chi connectivity index (χ2n) is 5.77.